The molecule has 1 aliphatic heterocycles. The number of nitrogens with two attached hydrogens (primary N) is 1. The van der Waals surface area contributed by atoms with Crippen molar-refractivity contribution in [1.82, 2.24) is 5.32 Å². The lowest BCUT2D eigenvalue weighted by Gasteiger charge is -2.23. The molecule has 1 heterocycles. The first-order chi connectivity index (χ1) is 14.0. The first-order valence-electron chi connectivity index (χ1n) is 10.5. The summed E-state index contributed by atoms with van der Waals surface area (Å²) < 4.78 is 0. The van der Waals surface area contributed by atoms with Crippen molar-refractivity contribution in [3.63, 3.8) is 0 Å². The quantitative estimate of drug-likeness (QED) is 0.492. The number of hydrogen-bond donors (Lipinski definition) is 2. The van der Waals surface area contributed by atoms with Gasteiger partial charge in [0, 0.05) is 23.2 Å². The van der Waals surface area contributed by atoms with Gasteiger partial charge in [-0.05, 0) is 70.8 Å². The third kappa shape index (κ3) is 4.34. The Kier molecular flexibility index (Phi) is 5.94. The van der Waals surface area contributed by atoms with E-state index < -0.39 is 0 Å². The molecule has 29 heavy (non-hydrogen) atoms. The van der Waals surface area contributed by atoms with Gasteiger partial charge in [-0.15, -0.1) is 0 Å². The van der Waals surface area contributed by atoms with Crippen LogP contribution in [0.25, 0.3) is 11.1 Å². The molecule has 3 aromatic carbocycles. The zero-order chi connectivity index (χ0) is 20.4. The summed E-state index contributed by atoms with van der Waals surface area (Å²) in [6, 6.07) is 23.4. The smallest absolute Gasteiger partial charge is 0.0406 e. The van der Waals surface area contributed by atoms with Crippen molar-refractivity contribution in [3.05, 3.63) is 88.4 Å². The number of hydrogen-bond acceptors (Lipinski definition) is 2. The molecule has 150 valence electrons. The van der Waals surface area contributed by atoms with Crippen molar-refractivity contribution < 1.29 is 0 Å². The van der Waals surface area contributed by atoms with E-state index in [0.29, 0.717) is 17.8 Å². The van der Waals surface area contributed by atoms with Crippen LogP contribution >= 0.6 is 11.6 Å². The number of anilines is 1. The second-order valence-corrected chi connectivity index (χ2v) is 8.87. The maximum Gasteiger partial charge on any atom is 0.0406 e. The van der Waals surface area contributed by atoms with Gasteiger partial charge in [-0.25, -0.2) is 0 Å². The van der Waals surface area contributed by atoms with Crippen molar-refractivity contribution in [2.24, 2.45) is 5.92 Å². The van der Waals surface area contributed by atoms with E-state index in [1.807, 2.05) is 24.3 Å². The second kappa shape index (κ2) is 8.61. The van der Waals surface area contributed by atoms with Gasteiger partial charge in [-0.3, -0.25) is 0 Å². The van der Waals surface area contributed by atoms with E-state index in [0.717, 1.165) is 30.2 Å². The summed E-state index contributed by atoms with van der Waals surface area (Å²) in [5.41, 5.74) is 13.8. The highest BCUT2D eigenvalue weighted by Crippen LogP contribution is 2.37. The molecule has 2 unspecified atom stereocenters. The molecule has 0 radical (unpaired) electrons. The highest BCUT2D eigenvalue weighted by molar-refractivity contribution is 6.30. The van der Waals surface area contributed by atoms with Gasteiger partial charge in [-0.2, -0.15) is 0 Å². The Hall–Kier alpha value is -2.29. The number of nitrogens with one attached hydrogen (secondary N) is 1. The van der Waals surface area contributed by atoms with Gasteiger partial charge in [0.1, 0.15) is 0 Å². The lowest BCUT2D eigenvalue weighted by Crippen LogP contribution is -2.16. The molecule has 0 aliphatic carbocycles. The fraction of sp³-hybridized carbons (Fsp3) is 0.308. The third-order valence-electron chi connectivity index (χ3n) is 6.18. The van der Waals surface area contributed by atoms with Gasteiger partial charge in [0.05, 0.1) is 0 Å². The molecule has 0 amide bonds. The Bertz CT molecular complexity index is 978. The van der Waals surface area contributed by atoms with Crippen LogP contribution < -0.4 is 11.1 Å². The minimum atomic E-state index is 0.506. The molecule has 0 bridgehead atoms. The van der Waals surface area contributed by atoms with E-state index in [2.05, 4.69) is 61.6 Å². The highest BCUT2D eigenvalue weighted by atomic mass is 35.5. The minimum Gasteiger partial charge on any atom is -0.398 e. The van der Waals surface area contributed by atoms with Crippen molar-refractivity contribution in [2.45, 2.75) is 32.1 Å². The zero-order valence-corrected chi connectivity index (χ0v) is 17.9. The topological polar surface area (TPSA) is 38.0 Å². The van der Waals surface area contributed by atoms with Gasteiger partial charge in [0.2, 0.25) is 0 Å². The molecule has 3 heteroatoms. The average Bonchev–Trinajstić information content (AvgIpc) is 3.18. The highest BCUT2D eigenvalue weighted by Gasteiger charge is 2.30. The van der Waals surface area contributed by atoms with Gasteiger partial charge >= 0.3 is 0 Å². The first kappa shape index (κ1) is 20.0. The summed E-state index contributed by atoms with van der Waals surface area (Å²) in [7, 11) is 0. The molecule has 1 fully saturated rings. The van der Waals surface area contributed by atoms with E-state index in [9.17, 15) is 0 Å². The monoisotopic (exact) mass is 404 g/mol. The van der Waals surface area contributed by atoms with E-state index in [-0.39, 0.29) is 0 Å². The van der Waals surface area contributed by atoms with E-state index in [1.54, 1.807) is 0 Å². The van der Waals surface area contributed by atoms with Crippen molar-refractivity contribution in [3.8, 4) is 11.1 Å². The largest absolute Gasteiger partial charge is 0.398 e. The van der Waals surface area contributed by atoms with Crippen LogP contribution in [0.4, 0.5) is 5.69 Å². The van der Waals surface area contributed by atoms with Gasteiger partial charge in [-0.1, -0.05) is 74.0 Å². The van der Waals surface area contributed by atoms with Crippen LogP contribution in [0, 0.1) is 5.92 Å². The Balaban J connectivity index is 1.65. The van der Waals surface area contributed by atoms with E-state index in [4.69, 9.17) is 17.3 Å². The van der Waals surface area contributed by atoms with Crippen molar-refractivity contribution >= 4 is 17.3 Å². The first-order valence-corrected chi connectivity index (χ1v) is 10.8. The number of halogens is 1. The molecule has 3 aromatic rings. The molecule has 3 N–H and O–H groups in total. The lowest BCUT2D eigenvalue weighted by molar-refractivity contribution is 0.517. The molecule has 0 saturated carbocycles. The lowest BCUT2D eigenvalue weighted by atomic mass is 9.81. The third-order valence-corrected chi connectivity index (χ3v) is 6.43. The number of benzene rings is 3. The Morgan fingerprint density at radius 3 is 2.52 bits per heavy atom. The molecule has 4 rings (SSSR count). The van der Waals surface area contributed by atoms with Crippen LogP contribution in [0.5, 0.6) is 0 Å². The summed E-state index contributed by atoms with van der Waals surface area (Å²) in [5, 5.41) is 4.37. The maximum absolute atomic E-state index is 6.47. The number of nitrogen functional groups attached to an aromatic ring is 1. The summed E-state index contributed by atoms with van der Waals surface area (Å²) in [5.74, 6) is 1.57. The molecule has 2 atom stereocenters. The van der Waals surface area contributed by atoms with Gasteiger partial charge in [0.15, 0.2) is 0 Å². The van der Waals surface area contributed by atoms with Crippen molar-refractivity contribution in [2.75, 3.05) is 18.8 Å². The fourth-order valence-electron chi connectivity index (χ4n) is 4.48. The fourth-order valence-corrected chi connectivity index (χ4v) is 4.61. The zero-order valence-electron chi connectivity index (χ0n) is 17.2. The molecular weight excluding hydrogens is 376 g/mol. The summed E-state index contributed by atoms with van der Waals surface area (Å²) >= 11 is 6.10. The average molecular weight is 405 g/mol. The van der Waals surface area contributed by atoms with Gasteiger partial charge < -0.3 is 11.1 Å². The van der Waals surface area contributed by atoms with Crippen molar-refractivity contribution in [1.29, 1.82) is 0 Å². The molecule has 2 nitrogen and oxygen atoms in total. The van der Waals surface area contributed by atoms with E-state index in [1.165, 1.54) is 27.8 Å². The summed E-state index contributed by atoms with van der Waals surface area (Å²) in [4.78, 5) is 0. The molecule has 1 aliphatic rings. The summed E-state index contributed by atoms with van der Waals surface area (Å²) in [6.45, 7) is 6.55. The Morgan fingerprint density at radius 1 is 1.00 bits per heavy atom. The van der Waals surface area contributed by atoms with E-state index >= 15 is 0 Å². The molecule has 0 spiro atoms. The maximum atomic E-state index is 6.47. The van der Waals surface area contributed by atoms with Gasteiger partial charge in [0.25, 0.3) is 0 Å². The minimum absolute atomic E-state index is 0.506. The second-order valence-electron chi connectivity index (χ2n) is 8.43. The molecule has 0 aromatic heterocycles. The van der Waals surface area contributed by atoms with Crippen LogP contribution in [0.3, 0.4) is 0 Å². The normalized spacial score (nSPS) is 19.0. The Morgan fingerprint density at radius 2 is 1.76 bits per heavy atom. The standard InChI is InChI=1S/C26H29ClN2/c1-17(2)19-5-3-6-20(13-19)25-16-29-15-21(25)14-24-23(7-4-8-26(24)28)18-9-11-22(27)12-10-18/h3-13,17,21,25,29H,14-16,28H2,1-2H3. The van der Waals surface area contributed by atoms with Crippen LogP contribution in [0.15, 0.2) is 66.7 Å². The SMILES string of the molecule is CC(C)c1cccc(C2CNCC2Cc2c(N)cccc2-c2ccc(Cl)cc2)c1. The van der Waals surface area contributed by atoms with Crippen LogP contribution in [0.1, 0.15) is 42.4 Å². The number of rotatable bonds is 5. The Labute approximate surface area is 179 Å². The van der Waals surface area contributed by atoms with Crippen LogP contribution in [0.2, 0.25) is 5.02 Å². The predicted molar refractivity (Wildman–Crippen MR) is 125 cm³/mol. The summed E-state index contributed by atoms with van der Waals surface area (Å²) in [6.07, 6.45) is 0.966. The molecule has 1 saturated heterocycles. The molecular formula is C26H29ClN2. The van der Waals surface area contributed by atoms with Crippen LogP contribution in [-0.4, -0.2) is 13.1 Å². The predicted octanol–water partition coefficient (Wildman–Crippen LogP) is 6.26. The van der Waals surface area contributed by atoms with Crippen LogP contribution in [-0.2, 0) is 6.42 Å².